The molecule has 3 aliphatic rings. The Morgan fingerprint density at radius 1 is 0.776 bits per heavy atom. The number of aromatic nitrogens is 4. The number of likely N-dealkylation sites (tertiary alicyclic amines) is 2. The third kappa shape index (κ3) is 6.96. The first kappa shape index (κ1) is 38.7. The molecule has 0 aliphatic carbocycles. The number of carbonyl (C=O) groups is 4. The first-order chi connectivity index (χ1) is 28.0. The van der Waals surface area contributed by atoms with Crippen LogP contribution in [-0.4, -0.2) is 93.1 Å². The summed E-state index contributed by atoms with van der Waals surface area (Å²) >= 11 is 0. The molecule has 0 bridgehead atoms. The predicted molar refractivity (Wildman–Crippen MR) is 217 cm³/mol. The number of alkyl carbamates (subject to hydrolysis) is 2. The summed E-state index contributed by atoms with van der Waals surface area (Å²) in [5.74, 6) is 1.69. The Kier molecular flexibility index (Phi) is 10.5. The average molecular weight is 791 g/mol. The van der Waals surface area contributed by atoms with Crippen LogP contribution in [0.2, 0.25) is 0 Å². The monoisotopic (exact) mass is 790 g/mol. The number of methoxy groups -OCH3 is 2. The predicted octanol–water partition coefficient (Wildman–Crippen LogP) is 6.75. The van der Waals surface area contributed by atoms with Crippen molar-refractivity contribution >= 4 is 45.8 Å². The Morgan fingerprint density at radius 3 is 2.00 bits per heavy atom. The minimum atomic E-state index is -0.708. The van der Waals surface area contributed by atoms with E-state index in [1.807, 2.05) is 49.8 Å². The Hall–Kier alpha value is -6.12. The number of hydrogen-bond acceptors (Lipinski definition) is 9. The maximum absolute atomic E-state index is 13.7. The summed E-state index contributed by atoms with van der Waals surface area (Å²) in [7, 11) is 2.58. The van der Waals surface area contributed by atoms with Crippen LogP contribution in [-0.2, 0) is 25.7 Å². The normalized spacial score (nSPS) is 18.6. The molecule has 0 spiro atoms. The molecule has 15 heteroatoms. The molecule has 4 N–H and O–H groups in total. The molecule has 15 nitrogen and oxygen atoms in total. The van der Waals surface area contributed by atoms with Gasteiger partial charge in [0.1, 0.15) is 36.1 Å². The number of carbonyl (C=O) groups excluding carboxylic acids is 4. The SMILES string of the molecule is COC(=O)NC(C(=O)N1CCCC1c1ncc(-c2ccc3c(c2)COc2c-3ccc3c2ccc2[nH]c(C4CCCN4C(=O)C(NC(=O)OC)C(C)C)nc23)[nH]1)C(C)C. The number of nitrogens with one attached hydrogen (secondary N) is 4. The van der Waals surface area contributed by atoms with Crippen LogP contribution in [0.3, 0.4) is 0 Å². The van der Waals surface area contributed by atoms with Crippen LogP contribution in [0, 0.1) is 11.8 Å². The van der Waals surface area contributed by atoms with Gasteiger partial charge in [-0.25, -0.2) is 19.6 Å². The van der Waals surface area contributed by atoms with Crippen molar-refractivity contribution in [1.82, 2.24) is 40.4 Å². The standard InChI is InChI=1S/C43H50N8O7/c1-22(2)34(48-42(54)56-5)40(52)50-17-7-9-32(50)38-44-20-31(46-38)24-11-12-26-25(19-24)21-58-37-28(26)14-13-27-29(37)15-16-30-36(27)47-39(45-30)33-10-8-18-51(33)41(53)35(23(3)4)49-43(55)57-6/h11-16,19-20,22-23,32-35H,7-10,17-18,21H2,1-6H3,(H,44,46)(H,45,47)(H,48,54)(H,49,55). The van der Waals surface area contributed by atoms with E-state index >= 15 is 0 Å². The van der Waals surface area contributed by atoms with E-state index in [2.05, 4.69) is 57.0 Å². The van der Waals surface area contributed by atoms with Crippen LogP contribution in [0.1, 0.15) is 82.7 Å². The topological polar surface area (TPSA) is 184 Å². The number of H-pyrrole nitrogens is 2. The lowest BCUT2D eigenvalue weighted by Gasteiger charge is -2.30. The maximum atomic E-state index is 13.7. The number of fused-ring (bicyclic) bond motifs is 7. The van der Waals surface area contributed by atoms with E-state index in [4.69, 9.17) is 24.2 Å². The van der Waals surface area contributed by atoms with E-state index in [1.54, 1.807) is 0 Å². The number of hydrogen-bond donors (Lipinski definition) is 4. The molecular formula is C43H50N8O7. The summed E-state index contributed by atoms with van der Waals surface area (Å²) in [4.78, 5) is 71.8. The molecule has 3 aromatic carbocycles. The molecular weight excluding hydrogens is 741 g/mol. The Balaban J connectivity index is 1.03. The van der Waals surface area contributed by atoms with E-state index in [0.717, 1.165) is 87.0 Å². The molecule has 2 saturated heterocycles. The minimum Gasteiger partial charge on any atom is -0.488 e. The van der Waals surface area contributed by atoms with Gasteiger partial charge in [0.25, 0.3) is 0 Å². The van der Waals surface area contributed by atoms with Gasteiger partial charge in [0.2, 0.25) is 11.8 Å². The number of ether oxygens (including phenoxy) is 3. The molecule has 3 aliphatic heterocycles. The molecule has 58 heavy (non-hydrogen) atoms. The van der Waals surface area contributed by atoms with Gasteiger partial charge in [-0.15, -0.1) is 0 Å². The summed E-state index contributed by atoms with van der Waals surface area (Å²) in [6.45, 7) is 9.15. The number of amides is 4. The molecule has 0 radical (unpaired) electrons. The molecule has 5 aromatic rings. The highest BCUT2D eigenvalue weighted by molar-refractivity contribution is 6.09. The molecule has 2 fully saturated rings. The van der Waals surface area contributed by atoms with E-state index in [9.17, 15) is 19.2 Å². The van der Waals surface area contributed by atoms with Crippen molar-refractivity contribution in [3.8, 4) is 28.1 Å². The minimum absolute atomic E-state index is 0.116. The Bertz CT molecular complexity index is 2400. The highest BCUT2D eigenvalue weighted by atomic mass is 16.5. The van der Waals surface area contributed by atoms with Crippen molar-refractivity contribution in [2.24, 2.45) is 11.8 Å². The second-order valence-electron chi connectivity index (χ2n) is 16.1. The number of nitrogens with zero attached hydrogens (tertiary/aromatic N) is 4. The van der Waals surface area contributed by atoms with Crippen molar-refractivity contribution in [3.05, 3.63) is 65.9 Å². The number of benzene rings is 3. The van der Waals surface area contributed by atoms with Crippen molar-refractivity contribution in [1.29, 1.82) is 0 Å². The molecule has 4 atom stereocenters. The van der Waals surface area contributed by atoms with Crippen molar-refractivity contribution in [3.63, 3.8) is 0 Å². The summed E-state index contributed by atoms with van der Waals surface area (Å²) in [5, 5.41) is 7.32. The molecule has 2 aromatic heterocycles. The summed E-state index contributed by atoms with van der Waals surface area (Å²) < 4.78 is 16.1. The second kappa shape index (κ2) is 15.7. The highest BCUT2D eigenvalue weighted by Gasteiger charge is 2.39. The third-order valence-electron chi connectivity index (χ3n) is 11.8. The van der Waals surface area contributed by atoms with Crippen molar-refractivity contribution < 1.29 is 33.4 Å². The van der Waals surface area contributed by atoms with Gasteiger partial charge >= 0.3 is 12.2 Å². The van der Waals surface area contributed by atoms with Gasteiger partial charge in [-0.3, -0.25) is 9.59 Å². The first-order valence-electron chi connectivity index (χ1n) is 20.0. The third-order valence-corrected chi connectivity index (χ3v) is 11.8. The van der Waals surface area contributed by atoms with Crippen LogP contribution in [0.5, 0.6) is 5.75 Å². The van der Waals surface area contributed by atoms with E-state index in [1.165, 1.54) is 14.2 Å². The van der Waals surface area contributed by atoms with Gasteiger partial charge in [0, 0.05) is 29.4 Å². The molecule has 4 amide bonds. The fourth-order valence-electron chi connectivity index (χ4n) is 8.73. The van der Waals surface area contributed by atoms with E-state index in [0.29, 0.717) is 25.5 Å². The fourth-order valence-corrected chi connectivity index (χ4v) is 8.73. The van der Waals surface area contributed by atoms with Gasteiger partial charge in [0.05, 0.1) is 49.2 Å². The maximum Gasteiger partial charge on any atom is 0.407 e. The average Bonchev–Trinajstić information content (AvgIpc) is 4.06. The Labute approximate surface area is 336 Å². The van der Waals surface area contributed by atoms with Crippen LogP contribution in [0.15, 0.2) is 48.7 Å². The summed E-state index contributed by atoms with van der Waals surface area (Å²) in [6.07, 6.45) is 3.74. The molecule has 0 saturated carbocycles. The zero-order valence-electron chi connectivity index (χ0n) is 33.7. The fraction of sp³-hybridized carbons (Fsp3) is 0.442. The van der Waals surface area contributed by atoms with Crippen LogP contribution >= 0.6 is 0 Å². The van der Waals surface area contributed by atoms with E-state index in [-0.39, 0.29) is 35.7 Å². The van der Waals surface area contributed by atoms with Gasteiger partial charge < -0.3 is 44.6 Å². The lowest BCUT2D eigenvalue weighted by Crippen LogP contribution is -2.51. The highest BCUT2D eigenvalue weighted by Crippen LogP contribution is 2.45. The molecule has 304 valence electrons. The summed E-state index contributed by atoms with van der Waals surface area (Å²) in [5.41, 5.74) is 6.60. The molecule has 5 heterocycles. The van der Waals surface area contributed by atoms with Gasteiger partial charge in [0.15, 0.2) is 0 Å². The molecule has 4 unspecified atom stereocenters. The van der Waals surface area contributed by atoms with Crippen molar-refractivity contribution in [2.45, 2.75) is 84.2 Å². The van der Waals surface area contributed by atoms with Crippen molar-refractivity contribution in [2.75, 3.05) is 27.3 Å². The van der Waals surface area contributed by atoms with Gasteiger partial charge in [-0.05, 0) is 78.5 Å². The lowest BCUT2D eigenvalue weighted by atomic mass is 9.92. The largest absolute Gasteiger partial charge is 0.488 e. The number of aromatic amines is 2. The first-order valence-corrected chi connectivity index (χ1v) is 20.0. The number of imidazole rings is 2. The Morgan fingerprint density at radius 2 is 1.38 bits per heavy atom. The van der Waals surface area contributed by atoms with Crippen LogP contribution < -0.4 is 15.4 Å². The quantitative estimate of drug-likeness (QED) is 0.125. The second-order valence-corrected chi connectivity index (χ2v) is 16.1. The van der Waals surface area contributed by atoms with E-state index < -0.39 is 24.3 Å². The smallest absolute Gasteiger partial charge is 0.407 e. The zero-order chi connectivity index (χ0) is 40.8. The number of rotatable bonds is 9. The van der Waals surface area contributed by atoms with Gasteiger partial charge in [-0.1, -0.05) is 45.9 Å². The lowest BCUT2D eigenvalue weighted by molar-refractivity contribution is -0.136. The van der Waals surface area contributed by atoms with Crippen LogP contribution in [0.25, 0.3) is 44.2 Å². The zero-order valence-corrected chi connectivity index (χ0v) is 33.7. The summed E-state index contributed by atoms with van der Waals surface area (Å²) in [6, 6.07) is 12.7. The van der Waals surface area contributed by atoms with Gasteiger partial charge in [-0.2, -0.15) is 0 Å². The van der Waals surface area contributed by atoms with Crippen LogP contribution in [0.4, 0.5) is 9.59 Å². The molecule has 8 rings (SSSR count).